The number of hydrogen-bond acceptors (Lipinski definition) is 7. The van der Waals surface area contributed by atoms with Crippen molar-refractivity contribution < 1.29 is 45.6 Å². The van der Waals surface area contributed by atoms with Crippen LogP contribution in [0.3, 0.4) is 0 Å². The smallest absolute Gasteiger partial charge is 0.457 e. The summed E-state index contributed by atoms with van der Waals surface area (Å²) in [6, 6.07) is 0. The highest BCUT2D eigenvalue weighted by atomic mass is 32.2. The maximum Gasteiger partial charge on any atom is 0.465 e. The molecule has 4 saturated carbocycles. The van der Waals surface area contributed by atoms with Gasteiger partial charge in [0.1, 0.15) is 6.10 Å². The summed E-state index contributed by atoms with van der Waals surface area (Å²) in [5, 5.41) is -5.03. The lowest BCUT2D eigenvalue weighted by Crippen LogP contribution is -2.48. The summed E-state index contributed by atoms with van der Waals surface area (Å²) in [5.41, 5.74) is -0.880. The summed E-state index contributed by atoms with van der Waals surface area (Å²) >= 11 is 0. The van der Waals surface area contributed by atoms with Crippen LogP contribution in [0.5, 0.6) is 0 Å². The predicted molar refractivity (Wildman–Crippen MR) is 120 cm³/mol. The van der Waals surface area contributed by atoms with Crippen molar-refractivity contribution in [2.24, 2.45) is 35.0 Å². The maximum absolute atomic E-state index is 13.7. The molecule has 4 aliphatic carbocycles. The van der Waals surface area contributed by atoms with E-state index in [4.69, 9.17) is 18.8 Å². The van der Waals surface area contributed by atoms with Gasteiger partial charge in [0.25, 0.3) is 0 Å². The zero-order valence-electron chi connectivity index (χ0n) is 20.1. The third-order valence-electron chi connectivity index (χ3n) is 8.64. The Morgan fingerprint density at radius 2 is 1.69 bits per heavy atom. The van der Waals surface area contributed by atoms with Gasteiger partial charge in [0.05, 0.1) is 12.0 Å². The van der Waals surface area contributed by atoms with Gasteiger partial charge in [-0.2, -0.15) is 17.2 Å². The molecule has 0 spiro atoms. The van der Waals surface area contributed by atoms with Crippen molar-refractivity contribution in [3.8, 4) is 0 Å². The van der Waals surface area contributed by atoms with Crippen LogP contribution in [0.1, 0.15) is 77.6 Å². The van der Waals surface area contributed by atoms with E-state index < -0.39 is 38.8 Å². The van der Waals surface area contributed by atoms with Crippen LogP contribution in [0, 0.1) is 35.0 Å². The zero-order valence-corrected chi connectivity index (χ0v) is 20.9. The van der Waals surface area contributed by atoms with Crippen molar-refractivity contribution in [2.75, 3.05) is 13.4 Å². The fraction of sp³-hybridized carbons (Fsp3) is 0.917. The maximum atomic E-state index is 13.7. The molecule has 4 aliphatic rings. The first-order valence-electron chi connectivity index (χ1n) is 12.7. The van der Waals surface area contributed by atoms with Gasteiger partial charge in [-0.1, -0.05) is 19.3 Å². The fourth-order valence-corrected chi connectivity index (χ4v) is 7.41. The highest BCUT2D eigenvalue weighted by Gasteiger charge is 2.56. The summed E-state index contributed by atoms with van der Waals surface area (Å²) < 4.78 is 73.7. The molecule has 8 nitrogen and oxygen atoms in total. The lowest BCUT2D eigenvalue weighted by Gasteiger charge is -2.46. The zero-order chi connectivity index (χ0) is 25.4. The molecule has 6 unspecified atom stereocenters. The molecule has 1 N–H and O–H groups in total. The first-order valence-corrected chi connectivity index (χ1v) is 14.1. The van der Waals surface area contributed by atoms with Crippen LogP contribution in [-0.2, 0) is 33.9 Å². The molecule has 6 atom stereocenters. The second-order valence-electron chi connectivity index (χ2n) is 11.5. The van der Waals surface area contributed by atoms with Gasteiger partial charge in [-0.3, -0.25) is 9.35 Å². The fourth-order valence-electron chi connectivity index (χ4n) is 7.16. The molecule has 0 aromatic carbocycles. The summed E-state index contributed by atoms with van der Waals surface area (Å²) in [6.45, 7) is 2.20. The van der Waals surface area contributed by atoms with Crippen LogP contribution >= 0.6 is 0 Å². The van der Waals surface area contributed by atoms with E-state index in [1.807, 2.05) is 0 Å². The number of fused-ring (bicyclic) bond motifs is 4. The van der Waals surface area contributed by atoms with E-state index in [9.17, 15) is 26.8 Å². The predicted octanol–water partition coefficient (Wildman–Crippen LogP) is 4.33. The van der Waals surface area contributed by atoms with Crippen LogP contribution in [-0.4, -0.2) is 49.7 Å². The molecule has 35 heavy (non-hydrogen) atoms. The summed E-state index contributed by atoms with van der Waals surface area (Å²) in [5.74, 6) is -0.882. The summed E-state index contributed by atoms with van der Waals surface area (Å²) in [6.07, 6.45) is 8.90. The van der Waals surface area contributed by atoms with Crippen molar-refractivity contribution in [2.45, 2.75) is 88.9 Å². The highest BCUT2D eigenvalue weighted by molar-refractivity contribution is 7.87. The molecule has 0 radical (unpaired) electrons. The first-order chi connectivity index (χ1) is 16.4. The average molecular weight is 523 g/mol. The summed E-state index contributed by atoms with van der Waals surface area (Å²) in [7, 11) is -5.93. The average Bonchev–Trinajstić information content (AvgIpc) is 2.77. The first kappa shape index (κ1) is 26.7. The molecule has 4 bridgehead atoms. The van der Waals surface area contributed by atoms with Gasteiger partial charge in [-0.25, -0.2) is 4.79 Å². The van der Waals surface area contributed by atoms with Crippen molar-refractivity contribution in [1.82, 2.24) is 0 Å². The number of carbonyl (C=O) groups is 2. The number of carbonyl (C=O) groups excluding carboxylic acids is 2. The monoisotopic (exact) mass is 522 g/mol. The molecule has 0 aliphatic heterocycles. The van der Waals surface area contributed by atoms with Crippen LogP contribution in [0.25, 0.3) is 0 Å². The van der Waals surface area contributed by atoms with Gasteiger partial charge in [0, 0.05) is 0 Å². The van der Waals surface area contributed by atoms with E-state index in [1.165, 1.54) is 38.5 Å². The van der Waals surface area contributed by atoms with Gasteiger partial charge in [-0.05, 0) is 87.9 Å². The van der Waals surface area contributed by atoms with Crippen molar-refractivity contribution in [3.63, 3.8) is 0 Å². The number of hydrogen-bond donors (Lipinski definition) is 1. The van der Waals surface area contributed by atoms with Crippen molar-refractivity contribution >= 4 is 22.1 Å². The molecule has 4 rings (SSSR count). The molecule has 4 fully saturated rings. The molecule has 11 heteroatoms. The van der Waals surface area contributed by atoms with E-state index >= 15 is 0 Å². The Labute approximate surface area is 205 Å². The third-order valence-corrected chi connectivity index (χ3v) is 9.45. The molecular weight excluding hydrogens is 486 g/mol. The van der Waals surface area contributed by atoms with Crippen molar-refractivity contribution in [3.05, 3.63) is 0 Å². The lowest BCUT2D eigenvalue weighted by atomic mass is 9.60. The Morgan fingerprint density at radius 1 is 1.00 bits per heavy atom. The number of esters is 2. The highest BCUT2D eigenvalue weighted by Crippen LogP contribution is 2.50. The number of ether oxygens (including phenoxy) is 3. The second kappa shape index (κ2) is 10.2. The third kappa shape index (κ3) is 5.98. The van der Waals surface area contributed by atoms with Crippen LogP contribution in [0.15, 0.2) is 0 Å². The largest absolute Gasteiger partial charge is 0.465 e. The molecule has 0 saturated heterocycles. The Balaban J connectivity index is 1.27. The minimum Gasteiger partial charge on any atom is -0.457 e. The van der Waals surface area contributed by atoms with Crippen LogP contribution in [0.2, 0.25) is 0 Å². The van der Waals surface area contributed by atoms with Gasteiger partial charge >= 0.3 is 27.3 Å². The SMILES string of the molecule is CC1(C(=O)OCOCC2CC3CCCC(C3)C2)CC2CCC(OC(=O)C(F)(F)S(=O)(=O)O)C(C2)C1. The Hall–Kier alpha value is -1.33. The lowest BCUT2D eigenvalue weighted by molar-refractivity contribution is -0.182. The molecule has 0 heterocycles. The normalized spacial score (nSPS) is 37.4. The van der Waals surface area contributed by atoms with Crippen LogP contribution in [0.4, 0.5) is 8.78 Å². The molecule has 0 amide bonds. The quantitative estimate of drug-likeness (QED) is 0.217. The van der Waals surface area contributed by atoms with E-state index in [0.717, 1.165) is 11.8 Å². The molecule has 200 valence electrons. The summed E-state index contributed by atoms with van der Waals surface area (Å²) in [4.78, 5) is 24.7. The molecule has 0 aromatic heterocycles. The number of halogens is 2. The minimum absolute atomic E-state index is 0.130. The topological polar surface area (TPSA) is 116 Å². The van der Waals surface area contributed by atoms with E-state index in [1.54, 1.807) is 6.92 Å². The number of alkyl halides is 2. The Morgan fingerprint density at radius 3 is 2.34 bits per heavy atom. The Kier molecular flexibility index (Phi) is 7.79. The molecular formula is C24H36F2O8S. The van der Waals surface area contributed by atoms with Gasteiger partial charge in [-0.15, -0.1) is 0 Å². The van der Waals surface area contributed by atoms with E-state index in [2.05, 4.69) is 0 Å². The number of rotatable bonds is 8. The van der Waals surface area contributed by atoms with Gasteiger partial charge in [0.2, 0.25) is 0 Å². The van der Waals surface area contributed by atoms with Crippen LogP contribution < -0.4 is 0 Å². The minimum atomic E-state index is -5.93. The van der Waals surface area contributed by atoms with Crippen molar-refractivity contribution in [1.29, 1.82) is 0 Å². The van der Waals surface area contributed by atoms with E-state index in [-0.39, 0.29) is 25.0 Å². The second-order valence-corrected chi connectivity index (χ2v) is 13.0. The van der Waals surface area contributed by atoms with Gasteiger partial charge < -0.3 is 14.2 Å². The van der Waals surface area contributed by atoms with E-state index in [0.29, 0.717) is 38.2 Å². The molecule has 0 aromatic rings. The standard InChI is InChI=1S/C24H36F2O8S/c1-23(21(27)33-14-32-13-18-8-15-3-2-4-16(7-15)9-18)11-17-5-6-20(19(10-17)12-23)34-22(28)24(25,26)35(29,30)31/h15-20H,2-14H2,1H3,(H,29,30,31). The Bertz CT molecular complexity index is 897. The van der Waals surface area contributed by atoms with Gasteiger partial charge in [0.15, 0.2) is 6.79 Å².